The van der Waals surface area contributed by atoms with E-state index < -0.39 is 6.09 Å². The van der Waals surface area contributed by atoms with Crippen molar-refractivity contribution in [2.24, 2.45) is 17.1 Å². The van der Waals surface area contributed by atoms with Gasteiger partial charge in [0.25, 0.3) is 0 Å². The van der Waals surface area contributed by atoms with E-state index in [1.807, 2.05) is 0 Å². The van der Waals surface area contributed by atoms with Crippen LogP contribution in [0.4, 0.5) is 4.79 Å². The molecule has 0 aromatic rings. The molecule has 2 atom stereocenters. The first-order valence-corrected chi connectivity index (χ1v) is 6.12. The Morgan fingerprint density at radius 1 is 1.47 bits per heavy atom. The highest BCUT2D eigenvalue weighted by molar-refractivity contribution is 5.64. The fourth-order valence-corrected chi connectivity index (χ4v) is 2.05. The number of ether oxygens (including phenoxy) is 1. The highest BCUT2D eigenvalue weighted by Crippen LogP contribution is 2.33. The second-order valence-electron chi connectivity index (χ2n) is 5.55. The molecule has 100 valence electrons. The van der Waals surface area contributed by atoms with E-state index in [-0.39, 0.29) is 24.0 Å². The molecule has 0 radical (unpaired) electrons. The Morgan fingerprint density at radius 2 is 2.18 bits per heavy atom. The van der Waals surface area contributed by atoms with Crippen LogP contribution < -0.4 is 5.73 Å². The Morgan fingerprint density at radius 3 is 2.76 bits per heavy atom. The molecule has 0 aliphatic carbocycles. The lowest BCUT2D eigenvalue weighted by Crippen LogP contribution is -2.38. The van der Waals surface area contributed by atoms with Crippen LogP contribution in [0.3, 0.4) is 0 Å². The number of nitrogens with two attached hydrogens (primary N) is 1. The molecule has 0 saturated carbocycles. The molecule has 0 spiro atoms. The lowest BCUT2D eigenvalue weighted by molar-refractivity contribution is -0.333. The van der Waals surface area contributed by atoms with Gasteiger partial charge in [0.1, 0.15) is 0 Å². The number of carbonyl (C=O) groups is 1. The molecule has 0 aromatic heterocycles. The van der Waals surface area contributed by atoms with Gasteiger partial charge in [0.2, 0.25) is 0 Å². The maximum Gasteiger partial charge on any atom is 0.404 e. The van der Waals surface area contributed by atoms with Crippen molar-refractivity contribution in [3.8, 4) is 0 Å². The van der Waals surface area contributed by atoms with Crippen LogP contribution in [0.5, 0.6) is 0 Å². The molecule has 0 bridgehead atoms. The third-order valence-corrected chi connectivity index (χ3v) is 3.12. The average Bonchev–Trinajstić information content (AvgIpc) is 2.44. The maximum atomic E-state index is 10.7. The van der Waals surface area contributed by atoms with Gasteiger partial charge in [0.05, 0.1) is 19.3 Å². The lowest BCUT2D eigenvalue weighted by Gasteiger charge is -2.34. The molecule has 17 heavy (non-hydrogen) atoms. The van der Waals surface area contributed by atoms with E-state index >= 15 is 0 Å². The smallest absolute Gasteiger partial charge is 0.404 e. The number of hydrogen-bond acceptors (Lipinski definition) is 4. The quantitative estimate of drug-likeness (QED) is 0.774. The van der Waals surface area contributed by atoms with Crippen LogP contribution in [0.15, 0.2) is 0 Å². The minimum Gasteiger partial charge on any atom is -0.449 e. The van der Waals surface area contributed by atoms with E-state index in [0.29, 0.717) is 6.61 Å². The fourth-order valence-electron chi connectivity index (χ4n) is 2.05. The van der Waals surface area contributed by atoms with Gasteiger partial charge < -0.3 is 10.5 Å². The summed E-state index contributed by atoms with van der Waals surface area (Å²) < 4.78 is 4.93. The van der Waals surface area contributed by atoms with E-state index in [0.717, 1.165) is 19.3 Å². The van der Waals surface area contributed by atoms with Gasteiger partial charge in [-0.05, 0) is 24.7 Å². The summed E-state index contributed by atoms with van der Waals surface area (Å²) in [6, 6.07) is 0. The van der Waals surface area contributed by atoms with Crippen LogP contribution in [-0.2, 0) is 14.5 Å². The molecule has 1 aliphatic rings. The summed E-state index contributed by atoms with van der Waals surface area (Å²) in [5, 5.41) is 0. The van der Waals surface area contributed by atoms with E-state index in [2.05, 4.69) is 20.8 Å². The van der Waals surface area contributed by atoms with Gasteiger partial charge in [-0.3, -0.25) is 0 Å². The van der Waals surface area contributed by atoms with Crippen molar-refractivity contribution >= 4 is 6.09 Å². The molecule has 2 unspecified atom stereocenters. The molecule has 5 nitrogen and oxygen atoms in total. The second kappa shape index (κ2) is 6.21. The van der Waals surface area contributed by atoms with Gasteiger partial charge >= 0.3 is 6.09 Å². The lowest BCUT2D eigenvalue weighted by atomic mass is 9.76. The number of carbonyl (C=O) groups excluding carboxylic acids is 1. The van der Waals surface area contributed by atoms with Gasteiger partial charge in [0, 0.05) is 5.92 Å². The number of amides is 1. The summed E-state index contributed by atoms with van der Waals surface area (Å²) in [6.45, 7) is 7.18. The zero-order valence-electron chi connectivity index (χ0n) is 10.9. The Kier molecular flexibility index (Phi) is 5.21. The van der Waals surface area contributed by atoms with Gasteiger partial charge in [-0.25, -0.2) is 14.6 Å². The van der Waals surface area contributed by atoms with Crippen LogP contribution in [0.25, 0.3) is 0 Å². The van der Waals surface area contributed by atoms with Crippen molar-refractivity contribution in [1.82, 2.24) is 0 Å². The summed E-state index contributed by atoms with van der Waals surface area (Å²) in [5.41, 5.74) is 4.98. The highest BCUT2D eigenvalue weighted by Gasteiger charge is 2.35. The second-order valence-corrected chi connectivity index (χ2v) is 5.55. The monoisotopic (exact) mass is 245 g/mol. The molecular formula is C12H23NO4. The Balaban J connectivity index is 2.63. The third-order valence-electron chi connectivity index (χ3n) is 3.12. The topological polar surface area (TPSA) is 70.8 Å². The van der Waals surface area contributed by atoms with Crippen molar-refractivity contribution in [2.75, 3.05) is 13.2 Å². The molecule has 1 saturated heterocycles. The normalized spacial score (nSPS) is 23.8. The Bertz CT molecular complexity index is 241. The van der Waals surface area contributed by atoms with Gasteiger partial charge in [-0.15, -0.1) is 0 Å². The fraction of sp³-hybridized carbons (Fsp3) is 0.917. The van der Waals surface area contributed by atoms with Crippen LogP contribution in [0, 0.1) is 11.3 Å². The molecule has 1 heterocycles. The summed E-state index contributed by atoms with van der Waals surface area (Å²) in [7, 11) is 0. The number of rotatable bonds is 3. The zero-order chi connectivity index (χ0) is 12.9. The first-order valence-electron chi connectivity index (χ1n) is 6.12. The van der Waals surface area contributed by atoms with Crippen molar-refractivity contribution < 1.29 is 19.3 Å². The molecule has 1 rings (SSSR count). The van der Waals surface area contributed by atoms with Crippen LogP contribution >= 0.6 is 0 Å². The highest BCUT2D eigenvalue weighted by atomic mass is 17.2. The van der Waals surface area contributed by atoms with Crippen LogP contribution in [-0.4, -0.2) is 25.4 Å². The van der Waals surface area contributed by atoms with Crippen molar-refractivity contribution in [2.45, 2.75) is 46.1 Å². The molecule has 1 aliphatic heterocycles. The van der Waals surface area contributed by atoms with Crippen LogP contribution in [0.2, 0.25) is 0 Å². The standard InChI is InChI=1S/C12H23NO4/c1-12(2,3)9(8-15-11(13)14)10-6-4-5-7-16-17-10/h9-10H,4-8H2,1-3H3,(H2,13,14). The molecule has 1 amide bonds. The molecule has 0 aromatic carbocycles. The van der Waals surface area contributed by atoms with Crippen molar-refractivity contribution in [1.29, 1.82) is 0 Å². The SMILES string of the molecule is CC(C)(C)C(COC(N)=O)C1CCCCOO1. The van der Waals surface area contributed by atoms with Gasteiger partial charge in [0.15, 0.2) is 0 Å². The third kappa shape index (κ3) is 4.91. The summed E-state index contributed by atoms with van der Waals surface area (Å²) in [6.07, 6.45) is 2.20. The van der Waals surface area contributed by atoms with Gasteiger partial charge in [-0.2, -0.15) is 0 Å². The van der Waals surface area contributed by atoms with Crippen LogP contribution in [0.1, 0.15) is 40.0 Å². The average molecular weight is 245 g/mol. The minimum atomic E-state index is -0.742. The predicted octanol–water partition coefficient (Wildman–Crippen LogP) is 2.24. The first-order chi connectivity index (χ1) is 7.91. The van der Waals surface area contributed by atoms with E-state index in [1.165, 1.54) is 0 Å². The molecule has 1 fully saturated rings. The molecule has 5 heteroatoms. The minimum absolute atomic E-state index is 0.0339. The first kappa shape index (κ1) is 14.3. The zero-order valence-corrected chi connectivity index (χ0v) is 10.9. The largest absolute Gasteiger partial charge is 0.449 e. The van der Waals surface area contributed by atoms with Gasteiger partial charge in [-0.1, -0.05) is 20.8 Å². The van der Waals surface area contributed by atoms with Crippen molar-refractivity contribution in [3.05, 3.63) is 0 Å². The number of hydrogen-bond donors (Lipinski definition) is 1. The van der Waals surface area contributed by atoms with E-state index in [9.17, 15) is 4.79 Å². The maximum absolute atomic E-state index is 10.7. The summed E-state index contributed by atoms with van der Waals surface area (Å²) in [5.74, 6) is 0.0769. The molecule has 2 N–H and O–H groups in total. The predicted molar refractivity (Wildman–Crippen MR) is 63.2 cm³/mol. The summed E-state index contributed by atoms with van der Waals surface area (Å²) >= 11 is 0. The Hall–Kier alpha value is -0.810. The van der Waals surface area contributed by atoms with E-state index in [1.54, 1.807) is 0 Å². The molecular weight excluding hydrogens is 222 g/mol. The van der Waals surface area contributed by atoms with E-state index in [4.69, 9.17) is 20.2 Å². The number of primary amides is 1. The van der Waals surface area contributed by atoms with Crippen molar-refractivity contribution in [3.63, 3.8) is 0 Å². The Labute approximate surface area is 103 Å². The summed E-state index contributed by atoms with van der Waals surface area (Å²) in [4.78, 5) is 21.2.